The number of aliphatic hydroxyl groups is 4. The fourth-order valence-electron chi connectivity index (χ4n) is 9.41. The molecule has 0 spiro atoms. The van der Waals surface area contributed by atoms with E-state index in [0.717, 1.165) is 17.0 Å². The molecule has 26 nitrogen and oxygen atoms in total. The Kier molecular flexibility index (Phi) is 17.5. The van der Waals surface area contributed by atoms with Crippen LogP contribution in [-0.2, 0) is 47.2 Å². The van der Waals surface area contributed by atoms with E-state index in [2.05, 4.69) is 20.5 Å². The normalized spacial score (nSPS) is 20.4. The zero-order chi connectivity index (χ0) is 57.0. The van der Waals surface area contributed by atoms with E-state index in [4.69, 9.17) is 43.7 Å². The standard InChI is InChI=1S/C52H57ClN8O18S/c1-28(56-70)29-4-8-37-31(18-29)19-38(54-37)51(69)60-24-32(23-53)46-36-21-34(73-3)6-7-35(36)41(22-39(46)60)78-80(71,72)79-42-20-30(5-9-40(42)76-52-49(67)48(66)47(65)43(26-62)77-52)50(68)58(2)13-16-74-17-14-59-25-33(55-57-59)12-15-75-27-61-44(63)10-11-45(61)64/h4-9,18-22,25,32,43,47-49,52,54,62,65-67,70H,10-17,23-24,26-27H2,1-3H3/b56-28+/t32-,43-,47+,48+,49-,52-/m1/s1. The molecule has 426 valence electrons. The van der Waals surface area contributed by atoms with Crippen molar-refractivity contribution in [3.63, 3.8) is 0 Å². The molecule has 0 saturated carbocycles. The molecular weight excluding hydrogens is 1090 g/mol. The van der Waals surface area contributed by atoms with Gasteiger partial charge in [0.15, 0.2) is 17.2 Å². The number of anilines is 1. The van der Waals surface area contributed by atoms with E-state index in [1.165, 1.54) is 36.1 Å². The number of alkyl halides is 1. The Morgan fingerprint density at radius 1 is 0.900 bits per heavy atom. The summed E-state index contributed by atoms with van der Waals surface area (Å²) in [6, 6.07) is 16.5. The Hall–Kier alpha value is -7.47. The molecule has 2 saturated heterocycles. The number of aromatic nitrogens is 4. The maximum Gasteiger partial charge on any atom is 0.501 e. The number of H-pyrrole nitrogens is 1. The molecule has 0 bridgehead atoms. The quantitative estimate of drug-likeness (QED) is 0.0134. The van der Waals surface area contributed by atoms with Crippen molar-refractivity contribution >= 4 is 78.7 Å². The lowest BCUT2D eigenvalue weighted by Gasteiger charge is -2.39. The summed E-state index contributed by atoms with van der Waals surface area (Å²) in [6.07, 6.45) is -6.33. The van der Waals surface area contributed by atoms with Crippen LogP contribution in [0.4, 0.5) is 5.69 Å². The van der Waals surface area contributed by atoms with Gasteiger partial charge >= 0.3 is 10.4 Å². The third-order valence-corrected chi connectivity index (χ3v) is 14.9. The molecule has 0 unspecified atom stereocenters. The number of likely N-dealkylation sites (N-methyl/N-ethyl adjacent to an activating group) is 1. The van der Waals surface area contributed by atoms with Crippen LogP contribution >= 0.6 is 11.6 Å². The molecule has 0 radical (unpaired) electrons. The lowest BCUT2D eigenvalue weighted by atomic mass is 9.95. The minimum Gasteiger partial charge on any atom is -0.497 e. The number of ether oxygens (including phenoxy) is 5. The number of aliphatic hydroxyl groups excluding tert-OH is 4. The van der Waals surface area contributed by atoms with E-state index in [9.17, 15) is 53.2 Å². The number of aromatic amines is 1. The number of oxime groups is 1. The number of halogens is 1. The van der Waals surface area contributed by atoms with Gasteiger partial charge in [0.1, 0.15) is 42.6 Å². The SMILES string of the molecule is COc1ccc2c(OS(=O)(=O)Oc3cc(C(=O)N(C)CCOCCn4cc(CCOCN5C(=O)CCC5=O)nn4)ccc3O[C@@H]3O[C@H](CO)[C@H](O)[C@H](O)[C@H]3O)cc3c(c2c1)[C@H](CCl)CN3C(=O)c1cc2cc(/C(C)=N/O)ccc2[nH]1. The maximum atomic E-state index is 14.5. The van der Waals surface area contributed by atoms with Crippen LogP contribution in [-0.4, -0.2) is 190 Å². The zero-order valence-corrected chi connectivity index (χ0v) is 44.9. The molecule has 4 aromatic carbocycles. The predicted octanol–water partition coefficient (Wildman–Crippen LogP) is 2.44. The number of benzene rings is 4. The van der Waals surface area contributed by atoms with Gasteiger partial charge in [0.05, 0.1) is 57.2 Å². The van der Waals surface area contributed by atoms with E-state index in [-0.39, 0.29) is 98.3 Å². The number of hydrogen-bond donors (Lipinski definition) is 6. The van der Waals surface area contributed by atoms with Crippen molar-refractivity contribution in [3.8, 4) is 23.0 Å². The summed E-state index contributed by atoms with van der Waals surface area (Å²) in [4.78, 5) is 59.0. The van der Waals surface area contributed by atoms with Crippen molar-refractivity contribution in [2.75, 3.05) is 71.2 Å². The summed E-state index contributed by atoms with van der Waals surface area (Å²) in [7, 11) is -2.35. The molecule has 9 rings (SSSR count). The monoisotopic (exact) mass is 1150 g/mol. The largest absolute Gasteiger partial charge is 0.501 e. The second-order valence-electron chi connectivity index (χ2n) is 19.0. The van der Waals surface area contributed by atoms with E-state index in [1.54, 1.807) is 60.3 Å². The molecular formula is C52H57ClN8O18S. The van der Waals surface area contributed by atoms with Gasteiger partial charge in [-0.05, 0) is 78.0 Å². The Labute approximate surface area is 461 Å². The molecule has 6 aromatic rings. The number of likely N-dealkylation sites (tertiary alicyclic amines) is 1. The number of imide groups is 1. The fraction of sp³-hybridized carbons (Fsp3) is 0.404. The number of nitrogens with one attached hydrogen (secondary N) is 1. The molecule has 0 aliphatic carbocycles. The maximum absolute atomic E-state index is 14.5. The summed E-state index contributed by atoms with van der Waals surface area (Å²) < 4.78 is 69.8. The molecule has 2 fully saturated rings. The average Bonchev–Trinajstić information content (AvgIpc) is 4.35. The lowest BCUT2D eigenvalue weighted by Crippen LogP contribution is -2.60. The molecule has 6 N–H and O–H groups in total. The fourth-order valence-corrected chi connectivity index (χ4v) is 10.4. The Bertz CT molecular complexity index is 3430. The Balaban J connectivity index is 0.929. The summed E-state index contributed by atoms with van der Waals surface area (Å²) in [5.41, 5.74) is 3.17. The van der Waals surface area contributed by atoms with Crippen LogP contribution in [0.15, 0.2) is 78.1 Å². The second-order valence-corrected chi connectivity index (χ2v) is 20.5. The molecule has 2 aromatic heterocycles. The minimum atomic E-state index is -5.28. The van der Waals surface area contributed by atoms with Crippen molar-refractivity contribution in [2.24, 2.45) is 5.16 Å². The Morgan fingerprint density at radius 2 is 1.66 bits per heavy atom. The second kappa shape index (κ2) is 24.5. The van der Waals surface area contributed by atoms with Crippen LogP contribution in [0.2, 0.25) is 0 Å². The van der Waals surface area contributed by atoms with Gasteiger partial charge in [0.25, 0.3) is 11.8 Å². The van der Waals surface area contributed by atoms with Crippen LogP contribution in [0.25, 0.3) is 21.7 Å². The highest BCUT2D eigenvalue weighted by Gasteiger charge is 2.45. The van der Waals surface area contributed by atoms with Gasteiger partial charge < -0.3 is 72.5 Å². The van der Waals surface area contributed by atoms with Gasteiger partial charge in [0.2, 0.25) is 18.1 Å². The zero-order valence-electron chi connectivity index (χ0n) is 43.3. The predicted molar refractivity (Wildman–Crippen MR) is 282 cm³/mol. The van der Waals surface area contributed by atoms with E-state index < -0.39 is 76.9 Å². The highest BCUT2D eigenvalue weighted by Crippen LogP contribution is 2.47. The summed E-state index contributed by atoms with van der Waals surface area (Å²) in [5.74, 6) is -3.02. The summed E-state index contributed by atoms with van der Waals surface area (Å²) >= 11 is 6.57. The first-order chi connectivity index (χ1) is 38.4. The third kappa shape index (κ3) is 12.3. The first-order valence-electron chi connectivity index (χ1n) is 25.1. The van der Waals surface area contributed by atoms with Gasteiger partial charge in [-0.15, -0.1) is 25.1 Å². The van der Waals surface area contributed by atoms with Crippen LogP contribution in [0.5, 0.6) is 23.0 Å². The number of amides is 4. The average molecular weight is 1150 g/mol. The topological polar surface area (TPSA) is 337 Å². The highest BCUT2D eigenvalue weighted by atomic mass is 35.5. The smallest absolute Gasteiger partial charge is 0.497 e. The first-order valence-corrected chi connectivity index (χ1v) is 27.0. The number of hydrogen-bond acceptors (Lipinski definition) is 21. The lowest BCUT2D eigenvalue weighted by molar-refractivity contribution is -0.277. The van der Waals surface area contributed by atoms with Gasteiger partial charge in [-0.25, -0.2) is 4.68 Å². The van der Waals surface area contributed by atoms with Gasteiger partial charge in [0, 0.05) is 85.3 Å². The van der Waals surface area contributed by atoms with E-state index >= 15 is 0 Å². The minimum absolute atomic E-state index is 0.0582. The number of rotatable bonds is 23. The number of carbonyl (C=O) groups is 4. The van der Waals surface area contributed by atoms with E-state index in [1.807, 2.05) is 0 Å². The molecule has 80 heavy (non-hydrogen) atoms. The molecule has 5 heterocycles. The van der Waals surface area contributed by atoms with E-state index in [0.29, 0.717) is 57.5 Å². The van der Waals surface area contributed by atoms with Gasteiger partial charge in [-0.1, -0.05) is 16.4 Å². The van der Waals surface area contributed by atoms with Crippen LogP contribution in [0, 0.1) is 0 Å². The summed E-state index contributed by atoms with van der Waals surface area (Å²) in [6.45, 7) is 1.62. The molecule has 6 atom stereocenters. The van der Waals surface area contributed by atoms with Crippen LogP contribution < -0.4 is 22.7 Å². The van der Waals surface area contributed by atoms with Crippen molar-refractivity contribution in [3.05, 3.63) is 101 Å². The molecule has 3 aliphatic heterocycles. The molecule has 28 heteroatoms. The summed E-state index contributed by atoms with van der Waals surface area (Å²) in [5, 5.41) is 63.8. The van der Waals surface area contributed by atoms with Crippen molar-refractivity contribution in [2.45, 2.75) is 69.4 Å². The number of fused-ring (bicyclic) bond motifs is 4. The first kappa shape index (κ1) is 57.2. The highest BCUT2D eigenvalue weighted by molar-refractivity contribution is 7.82. The number of nitrogens with zero attached hydrogens (tertiary/aromatic N) is 7. The number of carbonyl (C=O) groups excluding carboxylic acids is 4. The van der Waals surface area contributed by atoms with Crippen LogP contribution in [0.3, 0.4) is 0 Å². The Morgan fingerprint density at radius 3 is 2.40 bits per heavy atom. The van der Waals surface area contributed by atoms with Gasteiger partial charge in [-0.2, -0.15) is 0 Å². The van der Waals surface area contributed by atoms with Crippen LogP contribution in [0.1, 0.15) is 63.4 Å². The van der Waals surface area contributed by atoms with Crippen molar-refractivity contribution < 1.29 is 85.3 Å². The van der Waals surface area contributed by atoms with Gasteiger partial charge in [-0.3, -0.25) is 24.1 Å². The molecule has 4 amide bonds. The number of methoxy groups -OCH3 is 1. The third-order valence-electron chi connectivity index (χ3n) is 13.8. The van der Waals surface area contributed by atoms with Crippen molar-refractivity contribution in [1.29, 1.82) is 0 Å². The molecule has 3 aliphatic rings. The van der Waals surface area contributed by atoms with Crippen molar-refractivity contribution in [1.82, 2.24) is 29.8 Å².